The first-order valence-corrected chi connectivity index (χ1v) is 9.40. The van der Waals surface area contributed by atoms with E-state index in [2.05, 4.69) is 34.5 Å². The highest BCUT2D eigenvalue weighted by Crippen LogP contribution is 2.34. The van der Waals surface area contributed by atoms with Crippen molar-refractivity contribution in [3.05, 3.63) is 47.1 Å². The van der Waals surface area contributed by atoms with Crippen LogP contribution in [0.1, 0.15) is 56.1 Å². The van der Waals surface area contributed by atoms with Crippen molar-refractivity contribution < 1.29 is 9.32 Å². The van der Waals surface area contributed by atoms with Crippen LogP contribution in [0.4, 0.5) is 0 Å². The molecule has 0 radical (unpaired) electrons. The van der Waals surface area contributed by atoms with E-state index in [4.69, 9.17) is 4.52 Å². The largest absolute Gasteiger partial charge is 0.337 e. The SMILES string of the molecule is CCC(C)C(=O)N1Cc2ccccc2CC1c1nc(CC(C)NC)no1. The molecule has 6 nitrogen and oxygen atoms in total. The predicted octanol–water partition coefficient (Wildman–Crippen LogP) is 2.89. The first-order valence-electron chi connectivity index (χ1n) is 9.40. The number of likely N-dealkylation sites (N-methyl/N-ethyl adjacent to an activating group) is 1. The average molecular weight is 356 g/mol. The van der Waals surface area contributed by atoms with Gasteiger partial charge in [0.25, 0.3) is 0 Å². The van der Waals surface area contributed by atoms with Crippen molar-refractivity contribution in [3.8, 4) is 0 Å². The van der Waals surface area contributed by atoms with Gasteiger partial charge in [-0.15, -0.1) is 0 Å². The van der Waals surface area contributed by atoms with E-state index >= 15 is 0 Å². The summed E-state index contributed by atoms with van der Waals surface area (Å²) in [6.07, 6.45) is 2.22. The Bertz CT molecular complexity index is 758. The minimum atomic E-state index is -0.197. The molecule has 1 amide bonds. The number of nitrogens with one attached hydrogen (secondary N) is 1. The Kier molecular flexibility index (Phi) is 5.71. The Labute approximate surface area is 155 Å². The molecule has 1 aliphatic rings. The number of benzene rings is 1. The maximum absolute atomic E-state index is 13.0. The third-order valence-corrected chi connectivity index (χ3v) is 5.32. The lowest BCUT2D eigenvalue weighted by Gasteiger charge is -2.36. The number of amides is 1. The summed E-state index contributed by atoms with van der Waals surface area (Å²) in [6, 6.07) is 8.34. The van der Waals surface area contributed by atoms with Crippen molar-refractivity contribution in [3.63, 3.8) is 0 Å². The van der Waals surface area contributed by atoms with E-state index in [-0.39, 0.29) is 23.9 Å². The van der Waals surface area contributed by atoms with Gasteiger partial charge in [-0.05, 0) is 31.5 Å². The quantitative estimate of drug-likeness (QED) is 0.862. The Hall–Kier alpha value is -2.21. The monoisotopic (exact) mass is 356 g/mol. The van der Waals surface area contributed by atoms with Crippen LogP contribution in [0.2, 0.25) is 0 Å². The molecule has 1 N–H and O–H groups in total. The molecule has 0 spiro atoms. The number of hydrogen-bond acceptors (Lipinski definition) is 5. The lowest BCUT2D eigenvalue weighted by molar-refractivity contribution is -0.139. The topological polar surface area (TPSA) is 71.3 Å². The summed E-state index contributed by atoms with van der Waals surface area (Å²) in [4.78, 5) is 19.5. The van der Waals surface area contributed by atoms with Crippen molar-refractivity contribution in [1.82, 2.24) is 20.4 Å². The first kappa shape index (κ1) is 18.6. The zero-order chi connectivity index (χ0) is 18.7. The summed E-state index contributed by atoms with van der Waals surface area (Å²) < 4.78 is 5.58. The highest BCUT2D eigenvalue weighted by atomic mass is 16.5. The van der Waals surface area contributed by atoms with Gasteiger partial charge < -0.3 is 14.7 Å². The van der Waals surface area contributed by atoms with Gasteiger partial charge in [-0.2, -0.15) is 4.98 Å². The molecule has 0 saturated heterocycles. The van der Waals surface area contributed by atoms with Gasteiger partial charge in [0.1, 0.15) is 6.04 Å². The number of rotatable bonds is 6. The molecule has 1 aromatic heterocycles. The van der Waals surface area contributed by atoms with E-state index in [9.17, 15) is 4.79 Å². The van der Waals surface area contributed by atoms with Crippen LogP contribution in [0, 0.1) is 5.92 Å². The highest BCUT2D eigenvalue weighted by molar-refractivity contribution is 5.79. The Morgan fingerprint density at radius 1 is 1.35 bits per heavy atom. The zero-order valence-electron chi connectivity index (χ0n) is 16.0. The smallest absolute Gasteiger partial charge is 0.249 e. The molecule has 0 saturated carbocycles. The fourth-order valence-electron chi connectivity index (χ4n) is 3.29. The molecular weight excluding hydrogens is 328 g/mol. The van der Waals surface area contributed by atoms with Crippen LogP contribution in [0.15, 0.2) is 28.8 Å². The molecule has 0 aliphatic carbocycles. The molecule has 26 heavy (non-hydrogen) atoms. The Morgan fingerprint density at radius 3 is 2.77 bits per heavy atom. The van der Waals surface area contributed by atoms with Gasteiger partial charge in [-0.25, -0.2) is 0 Å². The highest BCUT2D eigenvalue weighted by Gasteiger charge is 2.35. The molecule has 1 aromatic carbocycles. The number of carbonyl (C=O) groups excluding carboxylic acids is 1. The summed E-state index contributed by atoms with van der Waals surface area (Å²) in [5.41, 5.74) is 2.44. The molecule has 6 heteroatoms. The predicted molar refractivity (Wildman–Crippen MR) is 99.4 cm³/mol. The van der Waals surface area contributed by atoms with Crippen molar-refractivity contribution in [2.24, 2.45) is 5.92 Å². The summed E-state index contributed by atoms with van der Waals surface area (Å²) in [7, 11) is 1.91. The Balaban J connectivity index is 1.90. The average Bonchev–Trinajstić information content (AvgIpc) is 3.13. The fraction of sp³-hybridized carbons (Fsp3) is 0.550. The van der Waals surface area contributed by atoms with Crippen LogP contribution in [0.25, 0.3) is 0 Å². The van der Waals surface area contributed by atoms with Gasteiger partial charge in [0.05, 0.1) is 0 Å². The van der Waals surface area contributed by atoms with Crippen LogP contribution in [-0.2, 0) is 24.2 Å². The van der Waals surface area contributed by atoms with Gasteiger partial charge in [0.15, 0.2) is 5.82 Å². The lowest BCUT2D eigenvalue weighted by atomic mass is 9.92. The fourth-order valence-corrected chi connectivity index (χ4v) is 3.29. The number of hydrogen-bond donors (Lipinski definition) is 1. The molecule has 3 atom stereocenters. The first-order chi connectivity index (χ1) is 12.5. The van der Waals surface area contributed by atoms with Crippen LogP contribution in [0.3, 0.4) is 0 Å². The number of carbonyl (C=O) groups is 1. The second-order valence-electron chi connectivity index (χ2n) is 7.21. The Morgan fingerprint density at radius 2 is 2.08 bits per heavy atom. The summed E-state index contributed by atoms with van der Waals surface area (Å²) in [5.74, 6) is 1.34. The second kappa shape index (κ2) is 7.99. The number of fused-ring (bicyclic) bond motifs is 1. The standard InChI is InChI=1S/C20H28N4O2/c1-5-13(2)20(25)24-12-16-9-7-6-8-15(16)11-17(24)19-22-18(23-26-19)10-14(3)21-4/h6-9,13-14,17,21H,5,10-12H2,1-4H3. The molecule has 1 aliphatic heterocycles. The summed E-state index contributed by atoms with van der Waals surface area (Å²) in [5, 5.41) is 7.31. The normalized spacial score (nSPS) is 19.1. The van der Waals surface area contributed by atoms with E-state index in [1.807, 2.05) is 37.9 Å². The maximum atomic E-state index is 13.0. The maximum Gasteiger partial charge on any atom is 0.249 e. The third kappa shape index (κ3) is 3.80. The van der Waals surface area contributed by atoms with Gasteiger partial charge in [-0.1, -0.05) is 43.3 Å². The molecule has 3 unspecified atom stereocenters. The minimum absolute atomic E-state index is 0.0190. The van der Waals surface area contributed by atoms with E-state index in [1.54, 1.807) is 0 Å². The van der Waals surface area contributed by atoms with Crippen LogP contribution in [0.5, 0.6) is 0 Å². The van der Waals surface area contributed by atoms with E-state index in [0.717, 1.165) is 6.42 Å². The second-order valence-corrected chi connectivity index (χ2v) is 7.21. The van der Waals surface area contributed by atoms with Gasteiger partial charge in [0, 0.05) is 31.3 Å². The molecule has 140 valence electrons. The van der Waals surface area contributed by atoms with Crippen LogP contribution in [-0.4, -0.2) is 34.0 Å². The number of nitrogens with zero attached hydrogens (tertiary/aromatic N) is 3. The van der Waals surface area contributed by atoms with Crippen molar-refractivity contribution in [1.29, 1.82) is 0 Å². The summed E-state index contributed by atoms with van der Waals surface area (Å²) in [6.45, 7) is 6.69. The van der Waals surface area contributed by atoms with E-state index in [1.165, 1.54) is 11.1 Å². The van der Waals surface area contributed by atoms with Crippen molar-refractivity contribution >= 4 is 5.91 Å². The molecule has 3 rings (SSSR count). The summed E-state index contributed by atoms with van der Waals surface area (Å²) >= 11 is 0. The van der Waals surface area contributed by atoms with Crippen molar-refractivity contribution in [2.75, 3.05) is 7.05 Å². The minimum Gasteiger partial charge on any atom is -0.337 e. The molecular formula is C20H28N4O2. The molecule has 0 fully saturated rings. The van der Waals surface area contributed by atoms with E-state index in [0.29, 0.717) is 31.1 Å². The molecule has 2 heterocycles. The number of aromatic nitrogens is 2. The van der Waals surface area contributed by atoms with Crippen LogP contribution >= 0.6 is 0 Å². The van der Waals surface area contributed by atoms with Gasteiger partial charge in [0.2, 0.25) is 11.8 Å². The van der Waals surface area contributed by atoms with Crippen LogP contribution < -0.4 is 5.32 Å². The zero-order valence-corrected chi connectivity index (χ0v) is 16.0. The lowest BCUT2D eigenvalue weighted by Crippen LogP contribution is -2.41. The molecule has 2 aromatic rings. The van der Waals surface area contributed by atoms with E-state index < -0.39 is 0 Å². The molecule has 0 bridgehead atoms. The van der Waals surface area contributed by atoms with Crippen molar-refractivity contribution in [2.45, 2.75) is 58.7 Å². The van der Waals surface area contributed by atoms with Gasteiger partial charge in [-0.3, -0.25) is 4.79 Å². The van der Waals surface area contributed by atoms with Gasteiger partial charge >= 0.3 is 0 Å². The third-order valence-electron chi connectivity index (χ3n) is 5.32.